The number of hydrogen-bond acceptors (Lipinski definition) is 8. The molecular weight excluding hydrogens is 410 g/mol. The number of hydrogen-bond donors (Lipinski definition) is 0. The third-order valence-corrected chi connectivity index (χ3v) is 7.20. The average Bonchev–Trinajstić information content (AvgIpc) is 2.43. The quantitative estimate of drug-likeness (QED) is 0.344. The second-order valence-corrected chi connectivity index (χ2v) is 8.69. The monoisotopic (exact) mass is 414 g/mol. The fourth-order valence-electron chi connectivity index (χ4n) is 1.40. The van der Waals surface area contributed by atoms with E-state index in [1.165, 1.54) is 0 Å². The maximum absolute atomic E-state index is 12.5. The summed E-state index contributed by atoms with van der Waals surface area (Å²) in [6.45, 7) is 0. The van der Waals surface area contributed by atoms with Gasteiger partial charge in [0.15, 0.2) is 4.58 Å². The van der Waals surface area contributed by atoms with Crippen LogP contribution in [0.15, 0.2) is 0 Å². The minimum atomic E-state index is -7.09. The molecular formula is C9H4F6N2O6S2. The van der Waals surface area contributed by atoms with Crippen LogP contribution in [0.4, 0.5) is 26.3 Å². The highest BCUT2D eigenvalue weighted by Gasteiger charge is 2.63. The predicted octanol–water partition coefficient (Wildman–Crippen LogP) is 0.373. The molecule has 8 nitrogen and oxygen atoms in total. The first-order chi connectivity index (χ1) is 10.9. The number of rotatable bonds is 6. The lowest BCUT2D eigenvalue weighted by molar-refractivity contribution is -0.126. The summed E-state index contributed by atoms with van der Waals surface area (Å²) in [6, 6.07) is 1.21. The van der Waals surface area contributed by atoms with E-state index >= 15 is 0 Å². The first-order valence-electron chi connectivity index (χ1n) is 5.43. The average molecular weight is 414 g/mol. The first-order valence-corrected chi connectivity index (χ1v) is 8.52. The standard InChI is InChI=1S/C9H4F6N2O6S2/c10-8(11,12)24(20,21)7(25(22,23)9(13,14)15)1-4(5(18)2-16)6(19)3-17/h4,7H,1H2. The summed E-state index contributed by atoms with van der Waals surface area (Å²) in [5.41, 5.74) is -13.0. The van der Waals surface area contributed by atoms with Crippen molar-refractivity contribution in [2.24, 2.45) is 5.92 Å². The number of Topliss-reactive ketones (excluding diaryl/α,β-unsaturated/α-hetero) is 2. The van der Waals surface area contributed by atoms with Crippen LogP contribution in [0.2, 0.25) is 0 Å². The molecule has 0 radical (unpaired) electrons. The molecule has 0 aromatic rings. The van der Waals surface area contributed by atoms with Crippen molar-refractivity contribution >= 4 is 31.2 Å². The Bertz CT molecular complexity index is 788. The molecule has 0 aromatic carbocycles. The van der Waals surface area contributed by atoms with Crippen LogP contribution < -0.4 is 0 Å². The fraction of sp³-hybridized carbons (Fsp3) is 0.556. The van der Waals surface area contributed by atoms with Gasteiger partial charge in [-0.3, -0.25) is 9.59 Å². The number of sulfone groups is 2. The second-order valence-electron chi connectivity index (χ2n) is 4.15. The van der Waals surface area contributed by atoms with Crippen LogP contribution in [-0.4, -0.2) is 44.0 Å². The molecule has 0 spiro atoms. The van der Waals surface area contributed by atoms with E-state index in [1.54, 1.807) is 0 Å². The van der Waals surface area contributed by atoms with E-state index in [4.69, 9.17) is 10.5 Å². The minimum absolute atomic E-state index is 0.603. The Morgan fingerprint density at radius 3 is 1.28 bits per heavy atom. The lowest BCUT2D eigenvalue weighted by Gasteiger charge is -2.22. The maximum Gasteiger partial charge on any atom is 0.498 e. The topological polar surface area (TPSA) is 150 Å². The molecule has 0 heterocycles. The molecule has 0 aromatic heterocycles. The highest BCUT2D eigenvalue weighted by Crippen LogP contribution is 2.39. The molecule has 0 fully saturated rings. The second kappa shape index (κ2) is 6.96. The number of alkyl halides is 6. The van der Waals surface area contributed by atoms with E-state index < -0.39 is 59.2 Å². The van der Waals surface area contributed by atoms with Crippen molar-refractivity contribution in [3.63, 3.8) is 0 Å². The SMILES string of the molecule is N#CC(=O)C(CC(S(=O)(=O)C(F)(F)F)S(=O)(=O)C(F)(F)F)C(=O)C#N. The molecule has 0 rings (SSSR count). The van der Waals surface area contributed by atoms with Gasteiger partial charge in [0.25, 0.3) is 19.7 Å². The summed E-state index contributed by atoms with van der Waals surface area (Å²) in [4.78, 5) is 22.2. The van der Waals surface area contributed by atoms with Gasteiger partial charge in [0.1, 0.15) is 18.1 Å². The van der Waals surface area contributed by atoms with Crippen LogP contribution in [0.1, 0.15) is 6.42 Å². The largest absolute Gasteiger partial charge is 0.498 e. The van der Waals surface area contributed by atoms with Crippen LogP contribution in [0.5, 0.6) is 0 Å². The van der Waals surface area contributed by atoms with E-state index in [1.807, 2.05) is 0 Å². The summed E-state index contributed by atoms with van der Waals surface area (Å²) in [7, 11) is -14.2. The number of carbonyl (C=O) groups is 2. The lowest BCUT2D eigenvalue weighted by atomic mass is 9.97. The predicted molar refractivity (Wildman–Crippen MR) is 63.1 cm³/mol. The molecule has 140 valence electrons. The van der Waals surface area contributed by atoms with E-state index in [0.29, 0.717) is 12.1 Å². The van der Waals surface area contributed by atoms with Crippen LogP contribution >= 0.6 is 0 Å². The Morgan fingerprint density at radius 2 is 1.08 bits per heavy atom. The van der Waals surface area contributed by atoms with Crippen molar-refractivity contribution in [3.8, 4) is 12.1 Å². The van der Waals surface area contributed by atoms with Crippen LogP contribution in [-0.2, 0) is 29.3 Å². The van der Waals surface area contributed by atoms with Crippen molar-refractivity contribution in [2.75, 3.05) is 0 Å². The van der Waals surface area contributed by atoms with Crippen molar-refractivity contribution in [3.05, 3.63) is 0 Å². The summed E-state index contributed by atoms with van der Waals surface area (Å²) in [6.07, 6.45) is -2.40. The molecule has 0 N–H and O–H groups in total. The molecule has 0 saturated carbocycles. The van der Waals surface area contributed by atoms with Crippen molar-refractivity contribution in [2.45, 2.75) is 22.0 Å². The van der Waals surface area contributed by atoms with Crippen LogP contribution in [0.3, 0.4) is 0 Å². The summed E-state index contributed by atoms with van der Waals surface area (Å²) >= 11 is 0. The van der Waals surface area contributed by atoms with Gasteiger partial charge in [-0.1, -0.05) is 0 Å². The van der Waals surface area contributed by atoms with E-state index in [-0.39, 0.29) is 0 Å². The van der Waals surface area contributed by atoms with Gasteiger partial charge in [-0.2, -0.15) is 36.9 Å². The molecule has 25 heavy (non-hydrogen) atoms. The van der Waals surface area contributed by atoms with Gasteiger partial charge in [0.05, 0.1) is 0 Å². The number of halogens is 6. The molecule has 16 heteroatoms. The van der Waals surface area contributed by atoms with Gasteiger partial charge in [-0.15, -0.1) is 0 Å². The smallest absolute Gasteiger partial charge is 0.282 e. The summed E-state index contributed by atoms with van der Waals surface area (Å²) in [5.74, 6) is -7.09. The number of nitriles is 2. The Balaban J connectivity index is 6.59. The lowest BCUT2D eigenvalue weighted by Crippen LogP contribution is -2.47. The molecule has 0 saturated heterocycles. The third kappa shape index (κ3) is 4.45. The summed E-state index contributed by atoms with van der Waals surface area (Å²) < 4.78 is 115. The van der Waals surface area contributed by atoms with Crippen molar-refractivity contribution in [1.82, 2.24) is 0 Å². The van der Waals surface area contributed by atoms with Gasteiger partial charge >= 0.3 is 11.0 Å². The van der Waals surface area contributed by atoms with E-state index in [0.717, 1.165) is 0 Å². The highest BCUT2D eigenvalue weighted by atomic mass is 32.3. The van der Waals surface area contributed by atoms with Gasteiger partial charge in [-0.25, -0.2) is 16.8 Å². The summed E-state index contributed by atoms with van der Waals surface area (Å²) in [5, 5.41) is 16.6. The molecule has 0 aliphatic carbocycles. The zero-order chi connectivity index (χ0) is 20.4. The molecule has 0 aliphatic heterocycles. The van der Waals surface area contributed by atoms with Gasteiger partial charge in [0.2, 0.25) is 11.6 Å². The maximum atomic E-state index is 12.5. The first kappa shape index (κ1) is 22.8. The fourth-order valence-corrected chi connectivity index (χ4v) is 4.88. The molecule has 0 unspecified atom stereocenters. The number of nitrogens with zero attached hydrogens (tertiary/aromatic N) is 2. The molecule has 0 aliphatic rings. The normalized spacial score (nSPS) is 13.4. The van der Waals surface area contributed by atoms with Crippen molar-refractivity contribution < 1.29 is 52.8 Å². The Morgan fingerprint density at radius 1 is 0.800 bits per heavy atom. The Labute approximate surface area is 135 Å². The molecule has 0 bridgehead atoms. The third-order valence-electron chi connectivity index (χ3n) is 2.62. The van der Waals surface area contributed by atoms with E-state index in [9.17, 15) is 52.8 Å². The number of carbonyl (C=O) groups excluding carboxylic acids is 2. The van der Waals surface area contributed by atoms with Gasteiger partial charge in [0, 0.05) is 0 Å². The Kier molecular flexibility index (Phi) is 6.35. The Hall–Kier alpha value is -2.20. The van der Waals surface area contributed by atoms with Crippen LogP contribution in [0.25, 0.3) is 0 Å². The highest BCUT2D eigenvalue weighted by molar-refractivity contribution is 8.09. The van der Waals surface area contributed by atoms with Crippen LogP contribution in [0, 0.1) is 28.6 Å². The zero-order valence-corrected chi connectivity index (χ0v) is 12.9. The van der Waals surface area contributed by atoms with Crippen molar-refractivity contribution in [1.29, 1.82) is 10.5 Å². The zero-order valence-electron chi connectivity index (χ0n) is 11.3. The van der Waals surface area contributed by atoms with Gasteiger partial charge in [-0.05, 0) is 6.42 Å². The van der Waals surface area contributed by atoms with E-state index in [2.05, 4.69) is 0 Å². The number of ketones is 2. The van der Waals surface area contributed by atoms with Gasteiger partial charge < -0.3 is 0 Å². The molecule has 0 amide bonds. The minimum Gasteiger partial charge on any atom is -0.282 e. The molecule has 0 atom stereocenters.